The number of benzene rings is 2. The summed E-state index contributed by atoms with van der Waals surface area (Å²) in [6.45, 7) is 4.51. The van der Waals surface area contributed by atoms with Crippen LogP contribution >= 0.6 is 0 Å². The molecule has 2 aromatic rings. The van der Waals surface area contributed by atoms with Gasteiger partial charge in [-0.05, 0) is 67.3 Å². The Kier molecular flexibility index (Phi) is 4.42. The fourth-order valence-corrected chi connectivity index (χ4v) is 2.79. The number of nitrogens with zero attached hydrogens (tertiary/aromatic N) is 2. The van der Waals surface area contributed by atoms with Gasteiger partial charge in [-0.1, -0.05) is 6.07 Å². The summed E-state index contributed by atoms with van der Waals surface area (Å²) in [4.78, 5) is 7.00. The average Bonchev–Trinajstić information content (AvgIpc) is 3.08. The molecule has 1 aliphatic heterocycles. The van der Waals surface area contributed by atoms with Crippen molar-refractivity contribution >= 4 is 17.6 Å². The van der Waals surface area contributed by atoms with Crippen LogP contribution in [-0.2, 0) is 0 Å². The lowest BCUT2D eigenvalue weighted by Crippen LogP contribution is -2.17. The minimum Gasteiger partial charge on any atom is -0.497 e. The van der Waals surface area contributed by atoms with Crippen molar-refractivity contribution in [2.75, 3.05) is 25.1 Å². The van der Waals surface area contributed by atoms with Gasteiger partial charge in [-0.2, -0.15) is 0 Å². The van der Waals surface area contributed by atoms with E-state index in [-0.39, 0.29) is 0 Å². The molecule has 2 aromatic carbocycles. The van der Waals surface area contributed by atoms with Crippen LogP contribution in [0.2, 0.25) is 0 Å². The van der Waals surface area contributed by atoms with Crippen molar-refractivity contribution in [3.63, 3.8) is 0 Å². The second-order valence-corrected chi connectivity index (χ2v) is 5.69. The first-order valence-electron chi connectivity index (χ1n) is 7.80. The lowest BCUT2D eigenvalue weighted by Gasteiger charge is -2.18. The van der Waals surface area contributed by atoms with Crippen LogP contribution < -0.4 is 9.64 Å². The monoisotopic (exact) mass is 294 g/mol. The van der Waals surface area contributed by atoms with Gasteiger partial charge >= 0.3 is 0 Å². The van der Waals surface area contributed by atoms with Crippen LogP contribution in [0.25, 0.3) is 0 Å². The van der Waals surface area contributed by atoms with Crippen molar-refractivity contribution in [3.05, 3.63) is 53.6 Å². The largest absolute Gasteiger partial charge is 0.497 e. The molecular formula is C19H22N2O. The van der Waals surface area contributed by atoms with Crippen LogP contribution in [0.5, 0.6) is 5.75 Å². The molecule has 1 aliphatic rings. The average molecular weight is 294 g/mol. The number of anilines is 1. The minimum atomic E-state index is 0.852. The quantitative estimate of drug-likeness (QED) is 0.783. The molecular weight excluding hydrogens is 272 g/mol. The second kappa shape index (κ2) is 6.65. The van der Waals surface area contributed by atoms with Gasteiger partial charge in [-0.25, -0.2) is 0 Å². The van der Waals surface area contributed by atoms with Crippen molar-refractivity contribution < 1.29 is 4.74 Å². The Hall–Kier alpha value is -2.29. The van der Waals surface area contributed by atoms with E-state index in [4.69, 9.17) is 4.74 Å². The smallest absolute Gasteiger partial charge is 0.119 e. The van der Waals surface area contributed by atoms with Gasteiger partial charge < -0.3 is 9.64 Å². The molecule has 0 radical (unpaired) electrons. The van der Waals surface area contributed by atoms with Crippen LogP contribution in [-0.4, -0.2) is 26.4 Å². The maximum Gasteiger partial charge on any atom is 0.119 e. The molecule has 0 bridgehead atoms. The summed E-state index contributed by atoms with van der Waals surface area (Å²) in [6, 6.07) is 14.4. The van der Waals surface area contributed by atoms with Gasteiger partial charge in [0.15, 0.2) is 0 Å². The molecule has 3 heteroatoms. The standard InChI is InChI=1S/C19H22N2O/c1-15-13-18(21-11-3-4-12-21)8-5-16(15)14-20-17-6-9-19(22-2)10-7-17/h5-10,13-14H,3-4,11-12H2,1-2H3. The molecule has 1 saturated heterocycles. The van der Waals surface area contributed by atoms with Crippen molar-refractivity contribution in [3.8, 4) is 5.75 Å². The van der Waals surface area contributed by atoms with Gasteiger partial charge in [0, 0.05) is 25.0 Å². The van der Waals surface area contributed by atoms with Crippen molar-refractivity contribution in [2.45, 2.75) is 19.8 Å². The number of hydrogen-bond acceptors (Lipinski definition) is 3. The lowest BCUT2D eigenvalue weighted by atomic mass is 10.1. The molecule has 0 amide bonds. The van der Waals surface area contributed by atoms with E-state index in [0.717, 1.165) is 11.4 Å². The van der Waals surface area contributed by atoms with E-state index < -0.39 is 0 Å². The van der Waals surface area contributed by atoms with E-state index >= 15 is 0 Å². The summed E-state index contributed by atoms with van der Waals surface area (Å²) in [5, 5.41) is 0. The molecule has 1 heterocycles. The first-order chi connectivity index (χ1) is 10.8. The van der Waals surface area contributed by atoms with Crippen molar-refractivity contribution in [2.24, 2.45) is 4.99 Å². The molecule has 0 aromatic heterocycles. The number of rotatable bonds is 4. The van der Waals surface area contributed by atoms with Crippen LogP contribution in [0.3, 0.4) is 0 Å². The zero-order chi connectivity index (χ0) is 15.4. The highest BCUT2D eigenvalue weighted by molar-refractivity contribution is 5.84. The first kappa shape index (κ1) is 14.6. The number of hydrogen-bond donors (Lipinski definition) is 0. The number of ether oxygens (including phenoxy) is 1. The minimum absolute atomic E-state index is 0.852. The topological polar surface area (TPSA) is 24.8 Å². The molecule has 22 heavy (non-hydrogen) atoms. The highest BCUT2D eigenvalue weighted by atomic mass is 16.5. The molecule has 0 atom stereocenters. The maximum atomic E-state index is 5.16. The third-order valence-corrected chi connectivity index (χ3v) is 4.15. The Bertz CT molecular complexity index is 656. The summed E-state index contributed by atoms with van der Waals surface area (Å²) in [6.07, 6.45) is 4.55. The van der Waals surface area contributed by atoms with Crippen LogP contribution in [0.4, 0.5) is 11.4 Å². The molecule has 3 nitrogen and oxygen atoms in total. The van der Waals surface area contributed by atoms with Crippen molar-refractivity contribution in [1.82, 2.24) is 0 Å². The van der Waals surface area contributed by atoms with Crippen LogP contribution in [0, 0.1) is 6.92 Å². The summed E-state index contributed by atoms with van der Waals surface area (Å²) in [5.41, 5.74) is 4.70. The third-order valence-electron chi connectivity index (χ3n) is 4.15. The molecule has 0 unspecified atom stereocenters. The van der Waals surface area contributed by atoms with Crippen LogP contribution in [0.1, 0.15) is 24.0 Å². The second-order valence-electron chi connectivity index (χ2n) is 5.69. The normalized spacial score (nSPS) is 14.7. The predicted octanol–water partition coefficient (Wildman–Crippen LogP) is 4.35. The molecule has 0 N–H and O–H groups in total. The summed E-state index contributed by atoms with van der Waals surface area (Å²) in [7, 11) is 1.67. The fraction of sp³-hybridized carbons (Fsp3) is 0.316. The summed E-state index contributed by atoms with van der Waals surface area (Å²) in [5.74, 6) is 0.852. The molecule has 114 valence electrons. The molecule has 0 aliphatic carbocycles. The van der Waals surface area contributed by atoms with Gasteiger partial charge in [0.2, 0.25) is 0 Å². The van der Waals surface area contributed by atoms with Gasteiger partial charge in [0.1, 0.15) is 5.75 Å². The number of aliphatic imine (C=N–C) groups is 1. The highest BCUT2D eigenvalue weighted by Gasteiger charge is 2.12. The van der Waals surface area contributed by atoms with Gasteiger partial charge in [0.25, 0.3) is 0 Å². The zero-order valence-corrected chi connectivity index (χ0v) is 13.2. The number of methoxy groups -OCH3 is 1. The SMILES string of the molecule is COc1ccc(N=Cc2ccc(N3CCCC3)cc2C)cc1. The Balaban J connectivity index is 1.75. The fourth-order valence-electron chi connectivity index (χ4n) is 2.79. The molecule has 1 fully saturated rings. The molecule has 0 spiro atoms. The Morgan fingerprint density at radius 3 is 2.41 bits per heavy atom. The van der Waals surface area contributed by atoms with Gasteiger partial charge in [0.05, 0.1) is 12.8 Å². The van der Waals surface area contributed by atoms with E-state index in [1.54, 1.807) is 7.11 Å². The van der Waals surface area contributed by atoms with E-state index in [2.05, 4.69) is 35.0 Å². The van der Waals surface area contributed by atoms with Gasteiger partial charge in [-0.15, -0.1) is 0 Å². The molecule has 3 rings (SSSR count). The first-order valence-corrected chi connectivity index (χ1v) is 7.80. The Labute approximate surface area is 132 Å². The summed E-state index contributed by atoms with van der Waals surface area (Å²) >= 11 is 0. The zero-order valence-electron chi connectivity index (χ0n) is 13.2. The third kappa shape index (κ3) is 3.30. The van der Waals surface area contributed by atoms with E-state index in [9.17, 15) is 0 Å². The van der Waals surface area contributed by atoms with Gasteiger partial charge in [-0.3, -0.25) is 4.99 Å². The Morgan fingerprint density at radius 2 is 1.77 bits per heavy atom. The van der Waals surface area contributed by atoms with E-state index in [0.29, 0.717) is 0 Å². The lowest BCUT2D eigenvalue weighted by molar-refractivity contribution is 0.415. The Morgan fingerprint density at radius 1 is 1.05 bits per heavy atom. The van der Waals surface area contributed by atoms with E-state index in [1.165, 1.54) is 42.7 Å². The van der Waals surface area contributed by atoms with Crippen molar-refractivity contribution in [1.29, 1.82) is 0 Å². The number of aryl methyl sites for hydroxylation is 1. The van der Waals surface area contributed by atoms with E-state index in [1.807, 2.05) is 30.5 Å². The molecule has 0 saturated carbocycles. The predicted molar refractivity (Wildman–Crippen MR) is 92.9 cm³/mol. The highest BCUT2D eigenvalue weighted by Crippen LogP contribution is 2.23. The van der Waals surface area contributed by atoms with Crippen LogP contribution in [0.15, 0.2) is 47.5 Å². The summed E-state index contributed by atoms with van der Waals surface area (Å²) < 4.78 is 5.16. The maximum absolute atomic E-state index is 5.16.